The molecule has 11 nitrogen and oxygen atoms in total. The van der Waals surface area contributed by atoms with Crippen LogP contribution in [0.4, 0.5) is 10.1 Å². The molecule has 0 aliphatic carbocycles. The standard InChI is InChI=1S/C29H27ClFN7O4S/c1-15-10-20(16(2)33-23-8-9-24(30)34-26(23)28(39)36-43(5,41)42)25-21(11-15)29(40)38(4)27(35-25)17-6-7-19(22(31)12-17)18-13-32-37(3)14-18/h6-14,16,33H,1-5H3,(H,36,39)/t16-/m1/s1. The second kappa shape index (κ2) is 11.2. The molecule has 0 saturated heterocycles. The number of halogens is 2. The van der Waals surface area contributed by atoms with E-state index in [9.17, 15) is 18.0 Å². The normalized spacial score (nSPS) is 12.3. The lowest BCUT2D eigenvalue weighted by molar-refractivity contribution is 0.0977. The third-order valence-electron chi connectivity index (χ3n) is 6.79. The van der Waals surface area contributed by atoms with Crippen LogP contribution >= 0.6 is 11.6 Å². The number of anilines is 1. The fourth-order valence-electron chi connectivity index (χ4n) is 4.84. The Balaban J connectivity index is 1.60. The summed E-state index contributed by atoms with van der Waals surface area (Å²) < 4.78 is 43.5. The lowest BCUT2D eigenvalue weighted by Crippen LogP contribution is -2.31. The lowest BCUT2D eigenvalue weighted by Gasteiger charge is -2.20. The van der Waals surface area contributed by atoms with Crippen molar-refractivity contribution in [2.75, 3.05) is 11.6 Å². The first kappa shape index (κ1) is 29.9. The van der Waals surface area contributed by atoms with Crippen molar-refractivity contribution in [3.8, 4) is 22.5 Å². The molecule has 0 radical (unpaired) electrons. The van der Waals surface area contributed by atoms with Crippen molar-refractivity contribution in [1.82, 2.24) is 29.0 Å². The van der Waals surface area contributed by atoms with Crippen LogP contribution in [0.25, 0.3) is 33.4 Å². The highest BCUT2D eigenvalue weighted by Gasteiger charge is 2.22. The van der Waals surface area contributed by atoms with Gasteiger partial charge in [0.2, 0.25) is 10.0 Å². The van der Waals surface area contributed by atoms with Gasteiger partial charge in [0.25, 0.3) is 11.5 Å². The van der Waals surface area contributed by atoms with Crippen LogP contribution in [0.5, 0.6) is 0 Å². The summed E-state index contributed by atoms with van der Waals surface area (Å²) in [6.07, 6.45) is 4.13. The van der Waals surface area contributed by atoms with Crippen molar-refractivity contribution < 1.29 is 17.6 Å². The van der Waals surface area contributed by atoms with Crippen molar-refractivity contribution in [3.63, 3.8) is 0 Å². The van der Waals surface area contributed by atoms with Crippen LogP contribution in [0, 0.1) is 12.7 Å². The van der Waals surface area contributed by atoms with Crippen LogP contribution in [-0.2, 0) is 24.1 Å². The van der Waals surface area contributed by atoms with E-state index in [0.29, 0.717) is 33.2 Å². The Hall–Kier alpha value is -4.62. The van der Waals surface area contributed by atoms with Gasteiger partial charge in [0.1, 0.15) is 16.8 Å². The molecule has 0 spiro atoms. The molecule has 1 atom stereocenters. The van der Waals surface area contributed by atoms with Crippen LogP contribution in [0.15, 0.2) is 59.7 Å². The fraction of sp³-hybridized carbons (Fsp3) is 0.207. The predicted molar refractivity (Wildman–Crippen MR) is 163 cm³/mol. The first-order valence-corrected chi connectivity index (χ1v) is 15.2. The fourth-order valence-corrected chi connectivity index (χ4v) is 5.42. The Kier molecular flexibility index (Phi) is 7.80. The molecule has 0 aliphatic heterocycles. The highest BCUT2D eigenvalue weighted by Crippen LogP contribution is 2.31. The van der Waals surface area contributed by atoms with E-state index in [1.54, 1.807) is 56.3 Å². The van der Waals surface area contributed by atoms with Crippen LogP contribution in [-0.4, -0.2) is 44.9 Å². The van der Waals surface area contributed by atoms with Gasteiger partial charge in [0, 0.05) is 42.5 Å². The molecule has 0 unspecified atom stereocenters. The topological polar surface area (TPSA) is 141 Å². The Morgan fingerprint density at radius 1 is 1.07 bits per heavy atom. The van der Waals surface area contributed by atoms with Gasteiger partial charge in [-0.15, -0.1) is 0 Å². The molecular formula is C29H27ClFN7O4S. The van der Waals surface area contributed by atoms with Crippen LogP contribution in [0.1, 0.15) is 34.6 Å². The Labute approximate surface area is 251 Å². The van der Waals surface area contributed by atoms with Gasteiger partial charge in [-0.05, 0) is 43.7 Å². The average Bonchev–Trinajstić information content (AvgIpc) is 3.36. The average molecular weight is 624 g/mol. The zero-order valence-electron chi connectivity index (χ0n) is 23.8. The maximum absolute atomic E-state index is 15.3. The second-order valence-corrected chi connectivity index (χ2v) is 12.4. The van der Waals surface area contributed by atoms with E-state index in [1.807, 2.05) is 17.7 Å². The van der Waals surface area contributed by atoms with E-state index in [2.05, 4.69) is 15.4 Å². The van der Waals surface area contributed by atoms with E-state index in [1.165, 1.54) is 22.8 Å². The molecule has 3 aromatic heterocycles. The van der Waals surface area contributed by atoms with E-state index in [-0.39, 0.29) is 27.9 Å². The summed E-state index contributed by atoms with van der Waals surface area (Å²) >= 11 is 6.00. The minimum Gasteiger partial charge on any atom is -0.377 e. The molecule has 3 heterocycles. The number of fused-ring (bicyclic) bond motifs is 1. The number of nitrogens with one attached hydrogen (secondary N) is 2. The summed E-state index contributed by atoms with van der Waals surface area (Å²) in [5.41, 5.74) is 2.83. The molecule has 1 amide bonds. The number of aromatic nitrogens is 5. The summed E-state index contributed by atoms with van der Waals surface area (Å²) in [5, 5.41) is 7.62. The molecule has 0 aliphatic rings. The van der Waals surface area contributed by atoms with Crippen molar-refractivity contribution in [2.24, 2.45) is 14.1 Å². The summed E-state index contributed by atoms with van der Waals surface area (Å²) in [6.45, 7) is 3.63. The Morgan fingerprint density at radius 3 is 2.47 bits per heavy atom. The van der Waals surface area contributed by atoms with E-state index in [0.717, 1.165) is 11.8 Å². The number of amides is 1. The predicted octanol–water partition coefficient (Wildman–Crippen LogP) is 4.36. The zero-order chi connectivity index (χ0) is 31.2. The van der Waals surface area contributed by atoms with E-state index >= 15 is 4.39 Å². The third-order valence-corrected chi connectivity index (χ3v) is 7.56. The minimum absolute atomic E-state index is 0.00515. The number of pyridine rings is 1. The van der Waals surface area contributed by atoms with Gasteiger partial charge in [0.15, 0.2) is 5.69 Å². The Bertz CT molecular complexity index is 2090. The molecular weight excluding hydrogens is 597 g/mol. The van der Waals surface area contributed by atoms with Crippen molar-refractivity contribution in [1.29, 1.82) is 0 Å². The van der Waals surface area contributed by atoms with Crippen molar-refractivity contribution >= 4 is 44.1 Å². The van der Waals surface area contributed by atoms with Gasteiger partial charge in [-0.2, -0.15) is 5.10 Å². The van der Waals surface area contributed by atoms with Crippen molar-refractivity contribution in [2.45, 2.75) is 19.9 Å². The smallest absolute Gasteiger partial charge is 0.285 e. The molecule has 0 saturated carbocycles. The molecule has 0 bridgehead atoms. The van der Waals surface area contributed by atoms with Gasteiger partial charge < -0.3 is 5.32 Å². The number of hydrogen-bond donors (Lipinski definition) is 2. The molecule has 14 heteroatoms. The van der Waals surface area contributed by atoms with E-state index < -0.39 is 27.8 Å². The summed E-state index contributed by atoms with van der Waals surface area (Å²) in [5.74, 6) is -1.19. The summed E-state index contributed by atoms with van der Waals surface area (Å²) in [4.78, 5) is 35.1. The molecule has 5 aromatic rings. The zero-order valence-corrected chi connectivity index (χ0v) is 25.4. The number of hydrogen-bond acceptors (Lipinski definition) is 8. The number of nitrogens with zero attached hydrogens (tertiary/aromatic N) is 5. The number of sulfonamides is 1. The lowest BCUT2D eigenvalue weighted by atomic mass is 10.00. The molecule has 2 aromatic carbocycles. The summed E-state index contributed by atoms with van der Waals surface area (Å²) in [6, 6.07) is 10.6. The molecule has 5 rings (SSSR count). The number of rotatable bonds is 7. The quantitative estimate of drug-likeness (QED) is 0.255. The Morgan fingerprint density at radius 2 is 1.81 bits per heavy atom. The first-order chi connectivity index (χ1) is 20.2. The molecule has 222 valence electrons. The molecule has 43 heavy (non-hydrogen) atoms. The van der Waals surface area contributed by atoms with Crippen LogP contribution < -0.4 is 15.6 Å². The van der Waals surface area contributed by atoms with Gasteiger partial charge in [-0.3, -0.25) is 18.8 Å². The van der Waals surface area contributed by atoms with Crippen molar-refractivity contribution in [3.05, 3.63) is 93.0 Å². The number of carbonyl (C=O) groups is 1. The largest absolute Gasteiger partial charge is 0.377 e. The monoisotopic (exact) mass is 623 g/mol. The second-order valence-electron chi connectivity index (χ2n) is 10.2. The van der Waals surface area contributed by atoms with Crippen LogP contribution in [0.2, 0.25) is 5.15 Å². The number of benzene rings is 2. The van der Waals surface area contributed by atoms with Gasteiger partial charge in [-0.1, -0.05) is 29.8 Å². The van der Waals surface area contributed by atoms with Gasteiger partial charge in [-0.25, -0.2) is 27.5 Å². The van der Waals surface area contributed by atoms with Gasteiger partial charge in [0.05, 0.1) is 35.1 Å². The van der Waals surface area contributed by atoms with Crippen LogP contribution in [0.3, 0.4) is 0 Å². The molecule has 0 fully saturated rings. The SMILES string of the molecule is Cc1cc([C@@H](C)Nc2ccc(Cl)nc2C(=O)NS(C)(=O)=O)c2nc(-c3ccc(-c4cnn(C)c4)c(F)c3)n(C)c(=O)c2c1. The highest BCUT2D eigenvalue weighted by atomic mass is 35.5. The minimum atomic E-state index is -3.87. The number of aryl methyl sites for hydroxylation is 2. The molecule has 2 N–H and O–H groups in total. The maximum Gasteiger partial charge on any atom is 0.285 e. The highest BCUT2D eigenvalue weighted by molar-refractivity contribution is 7.89. The third kappa shape index (κ3) is 6.13. The number of carbonyl (C=O) groups excluding carboxylic acids is 1. The first-order valence-electron chi connectivity index (χ1n) is 13.0. The summed E-state index contributed by atoms with van der Waals surface area (Å²) in [7, 11) is -0.545. The van der Waals surface area contributed by atoms with Gasteiger partial charge >= 0.3 is 0 Å². The maximum atomic E-state index is 15.3. The van der Waals surface area contributed by atoms with E-state index in [4.69, 9.17) is 16.6 Å².